The van der Waals surface area contributed by atoms with Crippen molar-refractivity contribution in [1.82, 2.24) is 0 Å². The molecule has 0 fully saturated rings. The molecule has 0 saturated heterocycles. The molecule has 0 aliphatic rings. The quantitative estimate of drug-likeness (QED) is 0.468. The topological polar surface area (TPSA) is 120 Å². The molecule has 2 aromatic carbocycles. The number of carbonyl (C=O) groups is 2. The average molecular weight is 451 g/mol. The van der Waals surface area contributed by atoms with E-state index in [1.807, 2.05) is 0 Å². The van der Waals surface area contributed by atoms with Crippen LogP contribution in [0.3, 0.4) is 0 Å². The number of aliphatic imine (C=N–C) groups is 1. The van der Waals surface area contributed by atoms with E-state index >= 15 is 0 Å². The predicted octanol–water partition coefficient (Wildman–Crippen LogP) is 2.67. The summed E-state index contributed by atoms with van der Waals surface area (Å²) in [6, 6.07) is 9.87. The molecule has 148 valence electrons. The zero-order chi connectivity index (χ0) is 20.7. The third kappa shape index (κ3) is 5.71. The molecule has 2 rings (SSSR count). The normalized spacial score (nSPS) is 11.0. The molecule has 0 atom stereocenters. The summed E-state index contributed by atoms with van der Waals surface area (Å²) in [5.41, 5.74) is 6.81. The van der Waals surface area contributed by atoms with E-state index < -0.39 is 18.5 Å². The fourth-order valence-corrected chi connectivity index (χ4v) is 2.73. The number of carbonyl (C=O) groups excluding carboxylic acids is 1. The maximum atomic E-state index is 12.5. The lowest BCUT2D eigenvalue weighted by Crippen LogP contribution is -2.18. The van der Waals surface area contributed by atoms with Crippen molar-refractivity contribution < 1.29 is 28.9 Å². The molecule has 0 heterocycles. The molecule has 0 radical (unpaired) electrons. The number of carboxylic acids is 1. The SMILES string of the molecule is COc1ccc(CC(N)=NC(=O)c2cc(Br)ccc2OCC(=O)O)cc1OC. The minimum Gasteiger partial charge on any atom is -0.493 e. The van der Waals surface area contributed by atoms with Crippen LogP contribution in [0, 0.1) is 0 Å². The lowest BCUT2D eigenvalue weighted by atomic mass is 10.1. The smallest absolute Gasteiger partial charge is 0.341 e. The number of methoxy groups -OCH3 is 2. The maximum absolute atomic E-state index is 12.5. The van der Waals surface area contributed by atoms with Gasteiger partial charge < -0.3 is 25.1 Å². The highest BCUT2D eigenvalue weighted by Crippen LogP contribution is 2.28. The Kier molecular flexibility index (Phi) is 7.39. The number of ether oxygens (including phenoxy) is 3. The first-order valence-corrected chi connectivity index (χ1v) is 8.85. The first-order chi connectivity index (χ1) is 13.3. The van der Waals surface area contributed by atoms with Gasteiger partial charge in [-0.05, 0) is 35.9 Å². The number of carboxylic acid groups (broad SMARTS) is 1. The highest BCUT2D eigenvalue weighted by Gasteiger charge is 2.15. The van der Waals surface area contributed by atoms with Crippen LogP contribution in [0.1, 0.15) is 15.9 Å². The fourth-order valence-electron chi connectivity index (χ4n) is 2.36. The highest BCUT2D eigenvalue weighted by molar-refractivity contribution is 9.10. The van der Waals surface area contributed by atoms with Crippen molar-refractivity contribution >= 4 is 33.6 Å². The van der Waals surface area contributed by atoms with E-state index in [0.717, 1.165) is 5.56 Å². The van der Waals surface area contributed by atoms with Crippen LogP contribution in [-0.2, 0) is 11.2 Å². The summed E-state index contributed by atoms with van der Waals surface area (Å²) >= 11 is 3.26. The monoisotopic (exact) mass is 450 g/mol. The van der Waals surface area contributed by atoms with Crippen LogP contribution in [0.2, 0.25) is 0 Å². The summed E-state index contributed by atoms with van der Waals surface area (Å²) in [6.45, 7) is -0.577. The van der Waals surface area contributed by atoms with Gasteiger partial charge in [0.1, 0.15) is 11.6 Å². The van der Waals surface area contributed by atoms with Gasteiger partial charge >= 0.3 is 5.97 Å². The molecule has 3 N–H and O–H groups in total. The number of hydrogen-bond donors (Lipinski definition) is 2. The van der Waals surface area contributed by atoms with Crippen LogP contribution >= 0.6 is 15.9 Å². The molecule has 2 aromatic rings. The lowest BCUT2D eigenvalue weighted by molar-refractivity contribution is -0.139. The second-order valence-electron chi connectivity index (χ2n) is 5.60. The Morgan fingerprint density at radius 1 is 1.07 bits per heavy atom. The first kappa shape index (κ1) is 21.2. The van der Waals surface area contributed by atoms with E-state index in [4.69, 9.17) is 25.1 Å². The van der Waals surface area contributed by atoms with Crippen molar-refractivity contribution in [1.29, 1.82) is 0 Å². The summed E-state index contributed by atoms with van der Waals surface area (Å²) in [7, 11) is 3.06. The molecule has 28 heavy (non-hydrogen) atoms. The third-order valence-corrected chi connectivity index (χ3v) is 4.09. The van der Waals surface area contributed by atoms with Crippen molar-refractivity contribution in [3.63, 3.8) is 0 Å². The number of nitrogens with two attached hydrogens (primary N) is 1. The van der Waals surface area contributed by atoms with Crippen molar-refractivity contribution in [2.24, 2.45) is 10.7 Å². The molecule has 0 bridgehead atoms. The van der Waals surface area contributed by atoms with Gasteiger partial charge in [0, 0.05) is 10.9 Å². The van der Waals surface area contributed by atoms with Gasteiger partial charge in [-0.2, -0.15) is 4.99 Å². The van der Waals surface area contributed by atoms with Gasteiger partial charge in [-0.3, -0.25) is 4.79 Å². The summed E-state index contributed by atoms with van der Waals surface area (Å²) in [5, 5.41) is 8.76. The van der Waals surface area contributed by atoms with Crippen LogP contribution in [-0.4, -0.2) is 43.6 Å². The van der Waals surface area contributed by atoms with Crippen LogP contribution in [0.4, 0.5) is 0 Å². The maximum Gasteiger partial charge on any atom is 0.341 e. The Balaban J connectivity index is 2.22. The molecule has 0 unspecified atom stereocenters. The zero-order valence-electron chi connectivity index (χ0n) is 15.3. The van der Waals surface area contributed by atoms with E-state index in [0.29, 0.717) is 16.0 Å². The van der Waals surface area contributed by atoms with Crippen LogP contribution in [0.15, 0.2) is 45.9 Å². The van der Waals surface area contributed by atoms with E-state index in [9.17, 15) is 9.59 Å². The molecule has 1 amide bonds. The first-order valence-electron chi connectivity index (χ1n) is 8.06. The number of amides is 1. The van der Waals surface area contributed by atoms with Crippen LogP contribution in [0.5, 0.6) is 17.2 Å². The van der Waals surface area contributed by atoms with Crippen molar-refractivity contribution in [2.45, 2.75) is 6.42 Å². The average Bonchev–Trinajstić information content (AvgIpc) is 2.66. The van der Waals surface area contributed by atoms with Crippen LogP contribution < -0.4 is 19.9 Å². The van der Waals surface area contributed by atoms with Crippen LogP contribution in [0.25, 0.3) is 0 Å². The number of nitrogens with zero attached hydrogens (tertiary/aromatic N) is 1. The van der Waals surface area contributed by atoms with E-state index in [2.05, 4.69) is 20.9 Å². The Morgan fingerprint density at radius 3 is 2.39 bits per heavy atom. The molecular formula is C19H19BrN2O6. The van der Waals surface area contributed by atoms with Crippen molar-refractivity contribution in [3.05, 3.63) is 52.0 Å². The Hall–Kier alpha value is -3.07. The second-order valence-corrected chi connectivity index (χ2v) is 6.51. The van der Waals surface area contributed by atoms with E-state index in [1.54, 1.807) is 24.3 Å². The van der Waals surface area contributed by atoms with Gasteiger partial charge in [-0.25, -0.2) is 4.79 Å². The molecule has 8 nitrogen and oxygen atoms in total. The predicted molar refractivity (Wildman–Crippen MR) is 106 cm³/mol. The van der Waals surface area contributed by atoms with Crippen molar-refractivity contribution in [2.75, 3.05) is 20.8 Å². The Labute approximate surface area is 170 Å². The molecule has 0 aromatic heterocycles. The molecular weight excluding hydrogens is 432 g/mol. The number of aliphatic carboxylic acids is 1. The van der Waals surface area contributed by atoms with Gasteiger partial charge in [0.15, 0.2) is 18.1 Å². The van der Waals surface area contributed by atoms with E-state index in [-0.39, 0.29) is 23.6 Å². The molecule has 0 aliphatic heterocycles. The number of halogens is 1. The summed E-state index contributed by atoms with van der Waals surface area (Å²) in [4.78, 5) is 27.1. The van der Waals surface area contributed by atoms with Gasteiger partial charge in [0.05, 0.1) is 19.8 Å². The highest BCUT2D eigenvalue weighted by atomic mass is 79.9. The molecule has 0 saturated carbocycles. The molecule has 9 heteroatoms. The van der Waals surface area contributed by atoms with E-state index in [1.165, 1.54) is 26.4 Å². The third-order valence-electron chi connectivity index (χ3n) is 3.60. The van der Waals surface area contributed by atoms with Gasteiger partial charge in [0.2, 0.25) is 0 Å². The second kappa shape index (κ2) is 9.75. The summed E-state index contributed by atoms with van der Waals surface area (Å²) in [5.74, 6) is -0.486. The van der Waals surface area contributed by atoms with Gasteiger partial charge in [-0.15, -0.1) is 0 Å². The lowest BCUT2D eigenvalue weighted by Gasteiger charge is -2.10. The molecule has 0 aliphatic carbocycles. The number of benzene rings is 2. The fraction of sp³-hybridized carbons (Fsp3) is 0.211. The standard InChI is InChI=1S/C19H19BrN2O6/c1-26-15-5-3-11(7-16(15)27-2)8-17(21)22-19(25)13-9-12(20)4-6-14(13)28-10-18(23)24/h3-7,9H,8,10H2,1-2H3,(H,23,24)(H2,21,22,25). The number of rotatable bonds is 8. The molecule has 0 spiro atoms. The van der Waals surface area contributed by atoms with Gasteiger partial charge in [-0.1, -0.05) is 22.0 Å². The number of hydrogen-bond acceptors (Lipinski definition) is 5. The minimum absolute atomic E-state index is 0.0846. The van der Waals surface area contributed by atoms with Gasteiger partial charge in [0.25, 0.3) is 5.91 Å². The Morgan fingerprint density at radius 2 is 1.75 bits per heavy atom. The largest absolute Gasteiger partial charge is 0.493 e. The summed E-state index contributed by atoms with van der Waals surface area (Å²) < 4.78 is 16.2. The number of amidine groups is 1. The Bertz CT molecular complexity index is 913. The zero-order valence-corrected chi connectivity index (χ0v) is 16.9. The van der Waals surface area contributed by atoms with Crippen molar-refractivity contribution in [3.8, 4) is 17.2 Å². The minimum atomic E-state index is -1.15. The summed E-state index contributed by atoms with van der Waals surface area (Å²) in [6.07, 6.45) is 0.214.